The van der Waals surface area contributed by atoms with Gasteiger partial charge in [-0.3, -0.25) is 9.59 Å². The normalized spacial score (nSPS) is 14.3. The molecule has 3 N–H and O–H groups in total. The number of nitrogens with one attached hydrogen (secondary N) is 1. The van der Waals surface area contributed by atoms with Crippen molar-refractivity contribution in [3.8, 4) is 0 Å². The third kappa shape index (κ3) is 5.73. The fourth-order valence-corrected chi connectivity index (χ4v) is 3.29. The van der Waals surface area contributed by atoms with Crippen LogP contribution in [0.4, 0.5) is 5.69 Å². The molecule has 2 aromatic carbocycles. The van der Waals surface area contributed by atoms with E-state index in [2.05, 4.69) is 5.32 Å². The molecule has 3 rings (SSSR count). The van der Waals surface area contributed by atoms with Crippen molar-refractivity contribution in [1.29, 1.82) is 0 Å². The second kappa shape index (κ2) is 9.97. The topological polar surface area (TPSA) is 75.4 Å². The smallest absolute Gasteiger partial charge is 0.253 e. The van der Waals surface area contributed by atoms with Gasteiger partial charge in [0.1, 0.15) is 0 Å². The first-order valence-corrected chi connectivity index (χ1v) is 9.10. The predicted octanol–water partition coefficient (Wildman–Crippen LogP) is 3.04. The number of halogens is 1. The number of carbonyl (C=O) groups is 2. The SMILES string of the molecule is Cl.Nc1ccccc1C(=O)NC1CCN(C(=O)CCc2ccccc2)CC1. The van der Waals surface area contributed by atoms with Gasteiger partial charge in [0.05, 0.1) is 5.56 Å². The highest BCUT2D eigenvalue weighted by atomic mass is 35.5. The first kappa shape index (κ1) is 20.8. The van der Waals surface area contributed by atoms with Crippen LogP contribution in [-0.4, -0.2) is 35.8 Å². The minimum atomic E-state index is -0.142. The molecule has 2 aromatic rings. The van der Waals surface area contributed by atoms with Crippen molar-refractivity contribution >= 4 is 29.9 Å². The van der Waals surface area contributed by atoms with E-state index in [0.29, 0.717) is 30.8 Å². The molecule has 144 valence electrons. The zero-order chi connectivity index (χ0) is 18.4. The molecule has 0 radical (unpaired) electrons. The number of nitrogens with two attached hydrogens (primary N) is 1. The number of carbonyl (C=O) groups excluding carboxylic acids is 2. The summed E-state index contributed by atoms with van der Waals surface area (Å²) < 4.78 is 0. The summed E-state index contributed by atoms with van der Waals surface area (Å²) in [7, 11) is 0. The third-order valence-corrected chi connectivity index (χ3v) is 4.86. The maximum atomic E-state index is 12.4. The van der Waals surface area contributed by atoms with E-state index in [0.717, 1.165) is 19.3 Å². The molecule has 0 bridgehead atoms. The van der Waals surface area contributed by atoms with Crippen LogP contribution in [0, 0.1) is 0 Å². The summed E-state index contributed by atoms with van der Waals surface area (Å²) in [5.41, 5.74) is 8.03. The molecule has 1 aliphatic rings. The summed E-state index contributed by atoms with van der Waals surface area (Å²) in [6, 6.07) is 17.2. The van der Waals surface area contributed by atoms with Crippen LogP contribution >= 0.6 is 12.4 Å². The van der Waals surface area contributed by atoms with Crippen LogP contribution in [0.5, 0.6) is 0 Å². The number of likely N-dealkylation sites (tertiary alicyclic amines) is 1. The molecule has 1 saturated heterocycles. The Labute approximate surface area is 166 Å². The van der Waals surface area contributed by atoms with Gasteiger partial charge >= 0.3 is 0 Å². The van der Waals surface area contributed by atoms with E-state index in [9.17, 15) is 9.59 Å². The minimum Gasteiger partial charge on any atom is -0.398 e. The monoisotopic (exact) mass is 387 g/mol. The number of hydrogen-bond donors (Lipinski definition) is 2. The third-order valence-electron chi connectivity index (χ3n) is 4.86. The van der Waals surface area contributed by atoms with Crippen LogP contribution in [0.25, 0.3) is 0 Å². The zero-order valence-electron chi connectivity index (χ0n) is 15.3. The van der Waals surface area contributed by atoms with Gasteiger partial charge in [-0.05, 0) is 37.0 Å². The number of amides is 2. The van der Waals surface area contributed by atoms with E-state index < -0.39 is 0 Å². The fraction of sp³-hybridized carbons (Fsp3) is 0.333. The molecule has 27 heavy (non-hydrogen) atoms. The summed E-state index contributed by atoms with van der Waals surface area (Å²) >= 11 is 0. The average molecular weight is 388 g/mol. The number of hydrogen-bond acceptors (Lipinski definition) is 3. The molecule has 0 saturated carbocycles. The van der Waals surface area contributed by atoms with Crippen LogP contribution < -0.4 is 11.1 Å². The molecular weight excluding hydrogens is 362 g/mol. The van der Waals surface area contributed by atoms with Crippen molar-refractivity contribution in [2.75, 3.05) is 18.8 Å². The van der Waals surface area contributed by atoms with Crippen LogP contribution in [0.2, 0.25) is 0 Å². The first-order valence-electron chi connectivity index (χ1n) is 9.10. The van der Waals surface area contributed by atoms with Gasteiger partial charge in [0.25, 0.3) is 5.91 Å². The lowest BCUT2D eigenvalue weighted by atomic mass is 10.0. The maximum Gasteiger partial charge on any atom is 0.253 e. The molecule has 0 spiro atoms. The Balaban J connectivity index is 0.00000261. The summed E-state index contributed by atoms with van der Waals surface area (Å²) in [6.07, 6.45) is 2.84. The van der Waals surface area contributed by atoms with Gasteiger partial charge in [0.2, 0.25) is 5.91 Å². The molecule has 5 nitrogen and oxygen atoms in total. The minimum absolute atomic E-state index is 0. The Kier molecular flexibility index (Phi) is 7.67. The van der Waals surface area contributed by atoms with E-state index in [4.69, 9.17) is 5.73 Å². The largest absolute Gasteiger partial charge is 0.398 e. The zero-order valence-corrected chi connectivity index (χ0v) is 16.1. The molecule has 0 unspecified atom stereocenters. The maximum absolute atomic E-state index is 12.4. The summed E-state index contributed by atoms with van der Waals surface area (Å²) in [5, 5.41) is 3.04. The average Bonchev–Trinajstić information content (AvgIpc) is 2.68. The van der Waals surface area contributed by atoms with Crippen LogP contribution in [0.3, 0.4) is 0 Å². The van der Waals surface area contributed by atoms with Gasteiger partial charge < -0.3 is 16.0 Å². The highest BCUT2D eigenvalue weighted by molar-refractivity contribution is 5.99. The van der Waals surface area contributed by atoms with Gasteiger partial charge in [-0.2, -0.15) is 0 Å². The van der Waals surface area contributed by atoms with Crippen LogP contribution in [-0.2, 0) is 11.2 Å². The number of piperidine rings is 1. The standard InChI is InChI=1S/C21H25N3O2.ClH/c22-19-9-5-4-8-18(19)21(26)23-17-12-14-24(15-13-17)20(25)11-10-16-6-2-1-3-7-16;/h1-9,17H,10-15,22H2,(H,23,26);1H. The van der Waals surface area contributed by atoms with Crippen molar-refractivity contribution in [3.05, 3.63) is 65.7 Å². The molecule has 1 aliphatic heterocycles. The lowest BCUT2D eigenvalue weighted by Crippen LogP contribution is -2.46. The van der Waals surface area contributed by atoms with Gasteiger partial charge in [-0.25, -0.2) is 0 Å². The van der Waals surface area contributed by atoms with Crippen LogP contribution in [0.1, 0.15) is 35.2 Å². The van der Waals surface area contributed by atoms with Gasteiger partial charge in [-0.15, -0.1) is 12.4 Å². The van der Waals surface area contributed by atoms with Crippen molar-refractivity contribution in [2.45, 2.75) is 31.7 Å². The van der Waals surface area contributed by atoms with E-state index in [1.165, 1.54) is 5.56 Å². The van der Waals surface area contributed by atoms with E-state index >= 15 is 0 Å². The van der Waals surface area contributed by atoms with Gasteiger partial charge in [-0.1, -0.05) is 42.5 Å². The molecule has 0 aliphatic carbocycles. The number of nitrogens with zero attached hydrogens (tertiary/aromatic N) is 1. The van der Waals surface area contributed by atoms with Crippen LogP contribution in [0.15, 0.2) is 54.6 Å². The van der Waals surface area contributed by atoms with E-state index in [-0.39, 0.29) is 30.3 Å². The van der Waals surface area contributed by atoms with Crippen molar-refractivity contribution in [2.24, 2.45) is 0 Å². The lowest BCUT2D eigenvalue weighted by molar-refractivity contribution is -0.132. The number of nitrogen functional groups attached to an aromatic ring is 1. The van der Waals surface area contributed by atoms with Crippen molar-refractivity contribution in [3.63, 3.8) is 0 Å². The predicted molar refractivity (Wildman–Crippen MR) is 110 cm³/mol. The highest BCUT2D eigenvalue weighted by Crippen LogP contribution is 2.15. The molecule has 0 aromatic heterocycles. The Morgan fingerprint density at radius 2 is 1.63 bits per heavy atom. The first-order chi connectivity index (χ1) is 12.6. The number of rotatable bonds is 5. The molecule has 0 atom stereocenters. The molecular formula is C21H26ClN3O2. The van der Waals surface area contributed by atoms with E-state index in [1.807, 2.05) is 41.3 Å². The van der Waals surface area contributed by atoms with E-state index in [1.54, 1.807) is 18.2 Å². The second-order valence-electron chi connectivity index (χ2n) is 6.70. The summed E-state index contributed by atoms with van der Waals surface area (Å²) in [5.74, 6) is 0.0443. The Bertz CT molecular complexity index is 759. The summed E-state index contributed by atoms with van der Waals surface area (Å²) in [6.45, 7) is 1.37. The molecule has 2 amide bonds. The second-order valence-corrected chi connectivity index (χ2v) is 6.70. The number of anilines is 1. The van der Waals surface area contributed by atoms with Crippen molar-refractivity contribution in [1.82, 2.24) is 10.2 Å². The highest BCUT2D eigenvalue weighted by Gasteiger charge is 2.24. The Hall–Kier alpha value is -2.53. The number of para-hydroxylation sites is 1. The molecule has 6 heteroatoms. The van der Waals surface area contributed by atoms with Gasteiger partial charge in [0, 0.05) is 31.2 Å². The molecule has 1 fully saturated rings. The fourth-order valence-electron chi connectivity index (χ4n) is 3.29. The number of aryl methyl sites for hydroxylation is 1. The summed E-state index contributed by atoms with van der Waals surface area (Å²) in [4.78, 5) is 26.6. The van der Waals surface area contributed by atoms with Gasteiger partial charge in [0.15, 0.2) is 0 Å². The quantitative estimate of drug-likeness (QED) is 0.774. The molecule has 1 heterocycles. The Morgan fingerprint density at radius 1 is 1.00 bits per heavy atom. The van der Waals surface area contributed by atoms with Crippen molar-refractivity contribution < 1.29 is 9.59 Å². The number of benzene rings is 2. The Morgan fingerprint density at radius 3 is 2.30 bits per heavy atom. The lowest BCUT2D eigenvalue weighted by Gasteiger charge is -2.32.